The molecule has 0 aromatic heterocycles. The second-order valence-electron chi connectivity index (χ2n) is 2.75. The van der Waals surface area contributed by atoms with E-state index in [0.717, 1.165) is 0 Å². The van der Waals surface area contributed by atoms with Gasteiger partial charge in [-0.2, -0.15) is 4.84 Å². The van der Waals surface area contributed by atoms with Gasteiger partial charge in [-0.15, -0.1) is 0 Å². The van der Waals surface area contributed by atoms with Crippen molar-refractivity contribution >= 4 is 12.1 Å². The zero-order valence-corrected chi connectivity index (χ0v) is 7.53. The van der Waals surface area contributed by atoms with E-state index in [1.807, 2.05) is 0 Å². The maximum absolute atomic E-state index is 12.5. The lowest BCUT2D eigenvalue weighted by molar-refractivity contribution is -0.149. The third-order valence-electron chi connectivity index (χ3n) is 1.92. The van der Waals surface area contributed by atoms with Gasteiger partial charge in [0.05, 0.1) is 7.11 Å². The standard InChI is InChI=1S/C9H11FNO2/c1-11(7-12,13-2)9-5-3-8(10)4-6-9/h3-7H,1-2H3/q+1. The normalized spacial score (nSPS) is 15.0. The number of carbonyl (C=O) groups excluding carboxylic acids is 1. The lowest BCUT2D eigenvalue weighted by atomic mass is 10.3. The molecule has 0 aliphatic carbocycles. The molecule has 70 valence electrons. The zero-order chi connectivity index (χ0) is 9.90. The quantitative estimate of drug-likeness (QED) is 0.404. The third kappa shape index (κ3) is 1.91. The van der Waals surface area contributed by atoms with Gasteiger partial charge in [0.2, 0.25) is 0 Å². The van der Waals surface area contributed by atoms with Gasteiger partial charge in [0, 0.05) is 12.1 Å². The summed E-state index contributed by atoms with van der Waals surface area (Å²) in [5.41, 5.74) is 0.582. The van der Waals surface area contributed by atoms with Crippen LogP contribution in [0.5, 0.6) is 0 Å². The molecule has 0 heterocycles. The Morgan fingerprint density at radius 3 is 2.31 bits per heavy atom. The smallest absolute Gasteiger partial charge is 0.230 e. The monoisotopic (exact) mass is 184 g/mol. The molecule has 1 amide bonds. The van der Waals surface area contributed by atoms with Gasteiger partial charge < -0.3 is 0 Å². The number of hydroxylamine groups is 2. The van der Waals surface area contributed by atoms with E-state index in [2.05, 4.69) is 0 Å². The molecule has 1 atom stereocenters. The van der Waals surface area contributed by atoms with Crippen LogP contribution in [0.3, 0.4) is 0 Å². The molecule has 0 aliphatic rings. The first-order chi connectivity index (χ1) is 6.12. The Labute approximate surface area is 75.9 Å². The number of quaternary nitrogens is 1. The summed E-state index contributed by atoms with van der Waals surface area (Å²) in [5.74, 6) is -0.336. The van der Waals surface area contributed by atoms with Gasteiger partial charge in [-0.05, 0) is 12.1 Å². The van der Waals surface area contributed by atoms with Crippen molar-refractivity contribution in [2.45, 2.75) is 0 Å². The van der Waals surface area contributed by atoms with E-state index in [-0.39, 0.29) is 10.5 Å². The summed E-state index contributed by atoms with van der Waals surface area (Å²) in [7, 11) is 2.98. The molecule has 1 unspecified atom stereocenters. The molecule has 0 saturated heterocycles. The Hall–Kier alpha value is -1.26. The highest BCUT2D eigenvalue weighted by molar-refractivity contribution is 5.65. The van der Waals surface area contributed by atoms with Gasteiger partial charge in [-0.1, -0.05) is 4.65 Å². The van der Waals surface area contributed by atoms with E-state index in [1.165, 1.54) is 31.4 Å². The summed E-state index contributed by atoms with van der Waals surface area (Å²) in [6, 6.07) is 5.59. The molecule has 13 heavy (non-hydrogen) atoms. The van der Waals surface area contributed by atoms with Crippen molar-refractivity contribution in [1.29, 1.82) is 0 Å². The van der Waals surface area contributed by atoms with Crippen LogP contribution in [0.2, 0.25) is 0 Å². The minimum Gasteiger partial charge on any atom is -0.230 e. The largest absolute Gasteiger partial charge is 0.338 e. The van der Waals surface area contributed by atoms with Crippen LogP contribution in [-0.2, 0) is 9.63 Å². The fraction of sp³-hybridized carbons (Fsp3) is 0.222. The van der Waals surface area contributed by atoms with Crippen molar-refractivity contribution in [2.75, 3.05) is 14.2 Å². The molecule has 0 N–H and O–H groups in total. The molecule has 0 saturated carbocycles. The van der Waals surface area contributed by atoms with Gasteiger partial charge in [-0.25, -0.2) is 9.18 Å². The molecule has 0 fully saturated rings. The maximum Gasteiger partial charge on any atom is 0.338 e. The lowest BCUT2D eigenvalue weighted by Gasteiger charge is -2.21. The number of rotatable bonds is 3. The minimum atomic E-state index is -0.336. The number of amides is 1. The summed E-state index contributed by atoms with van der Waals surface area (Å²) < 4.78 is 12.2. The molecule has 0 aliphatic heterocycles. The van der Waals surface area contributed by atoms with Gasteiger partial charge in [-0.3, -0.25) is 0 Å². The van der Waals surface area contributed by atoms with Crippen LogP contribution in [0.25, 0.3) is 0 Å². The van der Waals surface area contributed by atoms with Crippen LogP contribution in [0.1, 0.15) is 0 Å². The SMILES string of the molecule is CO[N+](C)(C=O)c1ccc(F)cc1. The fourth-order valence-corrected chi connectivity index (χ4v) is 0.946. The molecule has 0 spiro atoms. The van der Waals surface area contributed by atoms with E-state index in [0.29, 0.717) is 12.1 Å². The summed E-state index contributed by atoms with van der Waals surface area (Å²) in [4.78, 5) is 15.7. The molecule has 1 rings (SSSR count). The predicted molar refractivity (Wildman–Crippen MR) is 47.2 cm³/mol. The Morgan fingerprint density at radius 2 is 1.92 bits per heavy atom. The first-order valence-corrected chi connectivity index (χ1v) is 3.77. The van der Waals surface area contributed by atoms with Gasteiger partial charge in [0.15, 0.2) is 5.69 Å². The van der Waals surface area contributed by atoms with E-state index in [1.54, 1.807) is 7.05 Å². The Morgan fingerprint density at radius 1 is 1.38 bits per heavy atom. The first-order valence-electron chi connectivity index (χ1n) is 3.77. The van der Waals surface area contributed by atoms with E-state index in [4.69, 9.17) is 4.84 Å². The zero-order valence-electron chi connectivity index (χ0n) is 7.53. The summed E-state index contributed by atoms with van der Waals surface area (Å²) in [5, 5.41) is 0. The van der Waals surface area contributed by atoms with E-state index < -0.39 is 0 Å². The molecule has 0 radical (unpaired) electrons. The molecule has 1 aromatic rings. The Bertz CT molecular complexity index is 299. The van der Waals surface area contributed by atoms with Crippen LogP contribution in [0.4, 0.5) is 10.1 Å². The van der Waals surface area contributed by atoms with E-state index >= 15 is 0 Å². The van der Waals surface area contributed by atoms with Gasteiger partial charge in [0.25, 0.3) is 0 Å². The average Bonchev–Trinajstić information content (AvgIpc) is 2.18. The maximum atomic E-state index is 12.5. The number of nitrogens with zero attached hydrogens (tertiary/aromatic N) is 1. The molecular weight excluding hydrogens is 173 g/mol. The molecule has 1 aromatic carbocycles. The number of hydrogen-bond donors (Lipinski definition) is 0. The lowest BCUT2D eigenvalue weighted by Crippen LogP contribution is -2.42. The average molecular weight is 184 g/mol. The van der Waals surface area contributed by atoms with Crippen molar-refractivity contribution in [3.8, 4) is 0 Å². The minimum absolute atomic E-state index is 0.319. The second-order valence-corrected chi connectivity index (χ2v) is 2.75. The Balaban J connectivity index is 3.06. The summed E-state index contributed by atoms with van der Waals surface area (Å²) >= 11 is 0. The topological polar surface area (TPSA) is 26.3 Å². The van der Waals surface area contributed by atoms with Crippen LogP contribution < -0.4 is 4.65 Å². The molecule has 4 heteroatoms. The number of benzene rings is 1. The fourth-order valence-electron chi connectivity index (χ4n) is 0.946. The van der Waals surface area contributed by atoms with E-state index in [9.17, 15) is 9.18 Å². The third-order valence-corrected chi connectivity index (χ3v) is 1.92. The van der Waals surface area contributed by atoms with Crippen molar-refractivity contribution in [3.05, 3.63) is 30.1 Å². The van der Waals surface area contributed by atoms with Gasteiger partial charge >= 0.3 is 6.41 Å². The highest BCUT2D eigenvalue weighted by atomic mass is 19.1. The predicted octanol–water partition coefficient (Wildman–Crippen LogP) is 1.48. The van der Waals surface area contributed by atoms with Crippen molar-refractivity contribution in [2.24, 2.45) is 0 Å². The Kier molecular flexibility index (Phi) is 2.75. The highest BCUT2D eigenvalue weighted by Gasteiger charge is 2.24. The van der Waals surface area contributed by atoms with Crippen LogP contribution in [0.15, 0.2) is 24.3 Å². The van der Waals surface area contributed by atoms with Crippen LogP contribution >= 0.6 is 0 Å². The number of halogens is 1. The van der Waals surface area contributed by atoms with Crippen molar-refractivity contribution < 1.29 is 14.0 Å². The number of carbonyl (C=O) groups is 1. The van der Waals surface area contributed by atoms with Crippen LogP contribution in [-0.4, -0.2) is 20.6 Å². The van der Waals surface area contributed by atoms with Crippen molar-refractivity contribution in [1.82, 2.24) is 4.65 Å². The highest BCUT2D eigenvalue weighted by Crippen LogP contribution is 2.18. The molecule has 3 nitrogen and oxygen atoms in total. The first kappa shape index (κ1) is 9.83. The van der Waals surface area contributed by atoms with Crippen molar-refractivity contribution in [3.63, 3.8) is 0 Å². The second kappa shape index (κ2) is 3.64. The molecule has 0 bridgehead atoms. The van der Waals surface area contributed by atoms with Gasteiger partial charge in [0.1, 0.15) is 12.9 Å². The molecular formula is C9H11FNO2+. The van der Waals surface area contributed by atoms with Crippen LogP contribution in [0, 0.1) is 5.82 Å². The number of hydrogen-bond acceptors (Lipinski definition) is 2. The summed E-state index contributed by atoms with van der Waals surface area (Å²) in [6.07, 6.45) is 0.632. The summed E-state index contributed by atoms with van der Waals surface area (Å²) in [6.45, 7) is 0.